The first-order valence-electron chi connectivity index (χ1n) is 6.55. The average molecular weight is 225 g/mol. The standard InChI is InChI=1S/C13H23NO2/c1-10-7-14(8-11(2)16-10)9-12-5-3-4-6-13(12)15/h10-12H,3-9H2,1-2H3/t10-,11+,12?. The summed E-state index contributed by atoms with van der Waals surface area (Å²) >= 11 is 0. The molecule has 2 rings (SSSR count). The molecule has 0 aromatic rings. The number of carbonyl (C=O) groups is 1. The lowest BCUT2D eigenvalue weighted by atomic mass is 9.87. The molecule has 2 fully saturated rings. The molecule has 0 spiro atoms. The maximum absolute atomic E-state index is 11.8. The lowest BCUT2D eigenvalue weighted by molar-refractivity contribution is -0.127. The van der Waals surface area contributed by atoms with Gasteiger partial charge in [-0.1, -0.05) is 6.42 Å². The smallest absolute Gasteiger partial charge is 0.137 e. The largest absolute Gasteiger partial charge is 0.373 e. The molecule has 1 saturated carbocycles. The van der Waals surface area contributed by atoms with Crippen LogP contribution in [0.3, 0.4) is 0 Å². The van der Waals surface area contributed by atoms with Crippen LogP contribution in [0.25, 0.3) is 0 Å². The number of nitrogens with zero attached hydrogens (tertiary/aromatic N) is 1. The van der Waals surface area contributed by atoms with Crippen molar-refractivity contribution in [1.82, 2.24) is 4.90 Å². The average Bonchev–Trinajstić information content (AvgIpc) is 2.20. The van der Waals surface area contributed by atoms with Crippen molar-refractivity contribution in [2.45, 2.75) is 51.7 Å². The summed E-state index contributed by atoms with van der Waals surface area (Å²) < 4.78 is 5.71. The Balaban J connectivity index is 1.85. The summed E-state index contributed by atoms with van der Waals surface area (Å²) in [5, 5.41) is 0. The highest BCUT2D eigenvalue weighted by molar-refractivity contribution is 5.81. The Hall–Kier alpha value is -0.410. The van der Waals surface area contributed by atoms with Gasteiger partial charge in [-0.25, -0.2) is 0 Å². The van der Waals surface area contributed by atoms with E-state index in [4.69, 9.17) is 4.74 Å². The molecule has 3 nitrogen and oxygen atoms in total. The molecular weight excluding hydrogens is 202 g/mol. The molecule has 3 atom stereocenters. The molecule has 16 heavy (non-hydrogen) atoms. The minimum Gasteiger partial charge on any atom is -0.373 e. The van der Waals surface area contributed by atoms with E-state index in [0.717, 1.165) is 38.9 Å². The fourth-order valence-electron chi connectivity index (χ4n) is 2.99. The summed E-state index contributed by atoms with van der Waals surface area (Å²) in [7, 11) is 0. The molecule has 0 bridgehead atoms. The zero-order chi connectivity index (χ0) is 11.5. The Labute approximate surface area is 98.1 Å². The second kappa shape index (κ2) is 5.28. The van der Waals surface area contributed by atoms with Crippen LogP contribution in [0.1, 0.15) is 39.5 Å². The molecule has 0 amide bonds. The van der Waals surface area contributed by atoms with Crippen LogP contribution in [0, 0.1) is 5.92 Å². The predicted octanol–water partition coefficient (Wildman–Crippen LogP) is 1.85. The number of carbonyl (C=O) groups excluding carboxylic acids is 1. The molecule has 1 unspecified atom stereocenters. The lowest BCUT2D eigenvalue weighted by Crippen LogP contribution is -2.48. The molecule has 92 valence electrons. The number of hydrogen-bond donors (Lipinski definition) is 0. The molecule has 1 aliphatic carbocycles. The van der Waals surface area contributed by atoms with Crippen molar-refractivity contribution in [2.75, 3.05) is 19.6 Å². The van der Waals surface area contributed by atoms with Crippen molar-refractivity contribution >= 4 is 5.78 Å². The van der Waals surface area contributed by atoms with E-state index in [0.29, 0.717) is 23.9 Å². The molecule has 1 aliphatic heterocycles. The Morgan fingerprint density at radius 2 is 1.94 bits per heavy atom. The number of morpholine rings is 1. The fraction of sp³-hybridized carbons (Fsp3) is 0.923. The lowest BCUT2D eigenvalue weighted by Gasteiger charge is -2.37. The van der Waals surface area contributed by atoms with Crippen molar-refractivity contribution in [3.63, 3.8) is 0 Å². The number of hydrogen-bond acceptors (Lipinski definition) is 3. The van der Waals surface area contributed by atoms with Gasteiger partial charge in [0.05, 0.1) is 12.2 Å². The topological polar surface area (TPSA) is 29.5 Å². The van der Waals surface area contributed by atoms with E-state index < -0.39 is 0 Å². The van der Waals surface area contributed by atoms with E-state index in [1.807, 2.05) is 0 Å². The van der Waals surface area contributed by atoms with Gasteiger partial charge < -0.3 is 4.74 Å². The van der Waals surface area contributed by atoms with Gasteiger partial charge >= 0.3 is 0 Å². The minimum absolute atomic E-state index is 0.297. The van der Waals surface area contributed by atoms with Gasteiger partial charge in [-0.2, -0.15) is 0 Å². The first-order chi connectivity index (χ1) is 7.65. The summed E-state index contributed by atoms with van der Waals surface area (Å²) in [5.41, 5.74) is 0. The van der Waals surface area contributed by atoms with E-state index in [-0.39, 0.29) is 0 Å². The molecule has 2 aliphatic rings. The van der Waals surface area contributed by atoms with E-state index in [9.17, 15) is 4.79 Å². The van der Waals surface area contributed by atoms with Gasteiger partial charge in [-0.3, -0.25) is 9.69 Å². The zero-order valence-electron chi connectivity index (χ0n) is 10.4. The molecular formula is C13H23NO2. The molecule has 1 heterocycles. The van der Waals surface area contributed by atoms with Crippen molar-refractivity contribution in [1.29, 1.82) is 0 Å². The first-order valence-corrected chi connectivity index (χ1v) is 6.55. The molecule has 0 radical (unpaired) electrons. The normalized spacial score (nSPS) is 37.6. The SMILES string of the molecule is C[C@@H]1CN(CC2CCCCC2=O)C[C@H](C)O1. The number of Topliss-reactive ketones (excluding diaryl/α,β-unsaturated/α-hetero) is 1. The van der Waals surface area contributed by atoms with Gasteiger partial charge in [-0.15, -0.1) is 0 Å². The number of rotatable bonds is 2. The quantitative estimate of drug-likeness (QED) is 0.718. The van der Waals surface area contributed by atoms with E-state index in [2.05, 4.69) is 18.7 Å². The fourth-order valence-corrected chi connectivity index (χ4v) is 2.99. The Morgan fingerprint density at radius 3 is 2.56 bits per heavy atom. The third-order valence-electron chi connectivity index (χ3n) is 3.65. The summed E-state index contributed by atoms with van der Waals surface area (Å²) in [5.74, 6) is 0.782. The number of ketones is 1. The van der Waals surface area contributed by atoms with Crippen LogP contribution < -0.4 is 0 Å². The van der Waals surface area contributed by atoms with Gasteiger partial charge in [0.15, 0.2) is 0 Å². The van der Waals surface area contributed by atoms with Crippen molar-refractivity contribution in [3.8, 4) is 0 Å². The third-order valence-corrected chi connectivity index (χ3v) is 3.65. The summed E-state index contributed by atoms with van der Waals surface area (Å²) in [6, 6.07) is 0. The molecule has 1 saturated heterocycles. The van der Waals surface area contributed by atoms with Gasteiger partial charge in [0.2, 0.25) is 0 Å². The highest BCUT2D eigenvalue weighted by Crippen LogP contribution is 2.23. The predicted molar refractivity (Wildman–Crippen MR) is 63.4 cm³/mol. The minimum atomic E-state index is 0.297. The van der Waals surface area contributed by atoms with Gasteiger partial charge in [-0.05, 0) is 26.7 Å². The highest BCUT2D eigenvalue weighted by atomic mass is 16.5. The van der Waals surface area contributed by atoms with E-state index in [1.165, 1.54) is 6.42 Å². The molecule has 0 aromatic carbocycles. The maximum atomic E-state index is 11.8. The first kappa shape index (κ1) is 12.1. The second-order valence-electron chi connectivity index (χ2n) is 5.38. The molecule has 3 heteroatoms. The summed E-state index contributed by atoms with van der Waals surface area (Å²) in [6.07, 6.45) is 4.85. The highest BCUT2D eigenvalue weighted by Gasteiger charge is 2.28. The Kier molecular flexibility index (Phi) is 3.98. The Morgan fingerprint density at radius 1 is 1.25 bits per heavy atom. The van der Waals surface area contributed by atoms with Crippen molar-refractivity contribution in [3.05, 3.63) is 0 Å². The van der Waals surface area contributed by atoms with Crippen molar-refractivity contribution in [2.24, 2.45) is 5.92 Å². The van der Waals surface area contributed by atoms with Crippen LogP contribution in [0.15, 0.2) is 0 Å². The van der Waals surface area contributed by atoms with Crippen LogP contribution in [-0.2, 0) is 9.53 Å². The number of ether oxygens (including phenoxy) is 1. The van der Waals surface area contributed by atoms with Crippen LogP contribution in [0.2, 0.25) is 0 Å². The zero-order valence-corrected chi connectivity index (χ0v) is 10.4. The molecule has 0 aromatic heterocycles. The van der Waals surface area contributed by atoms with Gasteiger partial charge in [0, 0.05) is 32.0 Å². The van der Waals surface area contributed by atoms with Crippen molar-refractivity contribution < 1.29 is 9.53 Å². The Bertz CT molecular complexity index is 244. The third kappa shape index (κ3) is 3.05. The second-order valence-corrected chi connectivity index (χ2v) is 5.38. The van der Waals surface area contributed by atoms with E-state index in [1.54, 1.807) is 0 Å². The van der Waals surface area contributed by atoms with Crippen LogP contribution in [0.4, 0.5) is 0 Å². The van der Waals surface area contributed by atoms with Crippen LogP contribution in [-0.4, -0.2) is 42.5 Å². The monoisotopic (exact) mass is 225 g/mol. The summed E-state index contributed by atoms with van der Waals surface area (Å²) in [4.78, 5) is 14.2. The maximum Gasteiger partial charge on any atom is 0.137 e. The van der Waals surface area contributed by atoms with Crippen LogP contribution >= 0.6 is 0 Å². The van der Waals surface area contributed by atoms with E-state index >= 15 is 0 Å². The molecule has 0 N–H and O–H groups in total. The van der Waals surface area contributed by atoms with Gasteiger partial charge in [0.1, 0.15) is 5.78 Å². The summed E-state index contributed by atoms with van der Waals surface area (Å²) in [6.45, 7) is 7.15. The van der Waals surface area contributed by atoms with Crippen LogP contribution in [0.5, 0.6) is 0 Å². The van der Waals surface area contributed by atoms with Gasteiger partial charge in [0.25, 0.3) is 0 Å².